The third-order valence-electron chi connectivity index (χ3n) is 2.87. The van der Waals surface area contributed by atoms with Gasteiger partial charge in [0.05, 0.1) is 13.2 Å². The van der Waals surface area contributed by atoms with Crippen LogP contribution in [0.1, 0.15) is 0 Å². The maximum Gasteiger partial charge on any atom is 0.353 e. The van der Waals surface area contributed by atoms with Gasteiger partial charge in [-0.2, -0.15) is 0 Å². The first-order chi connectivity index (χ1) is 10.5. The Morgan fingerprint density at radius 2 is 1.95 bits per heavy atom. The van der Waals surface area contributed by atoms with Crippen molar-refractivity contribution >= 4 is 17.8 Å². The lowest BCUT2D eigenvalue weighted by Crippen LogP contribution is -2.45. The summed E-state index contributed by atoms with van der Waals surface area (Å²) in [5.74, 6) is -2.85. The van der Waals surface area contributed by atoms with Gasteiger partial charge in [0, 0.05) is 25.7 Å². The molecule has 0 aromatic heterocycles. The maximum atomic E-state index is 11.7. The van der Waals surface area contributed by atoms with Gasteiger partial charge in [-0.3, -0.25) is 19.9 Å². The molecule has 0 unspecified atom stereocenters. The van der Waals surface area contributed by atoms with Crippen molar-refractivity contribution in [1.29, 1.82) is 0 Å². The van der Waals surface area contributed by atoms with Crippen molar-refractivity contribution in [2.75, 3.05) is 32.8 Å². The minimum Gasteiger partial charge on any atom is -0.477 e. The topological polar surface area (TPSA) is 99.2 Å². The van der Waals surface area contributed by atoms with Crippen LogP contribution in [0.2, 0.25) is 0 Å². The van der Waals surface area contributed by atoms with Crippen molar-refractivity contribution in [2.24, 2.45) is 0 Å². The minimum atomic E-state index is -1.42. The van der Waals surface area contributed by atoms with Gasteiger partial charge in [0.15, 0.2) is 0 Å². The Morgan fingerprint density at radius 3 is 2.50 bits per heavy atom. The van der Waals surface area contributed by atoms with Gasteiger partial charge < -0.3 is 9.84 Å². The van der Waals surface area contributed by atoms with Crippen molar-refractivity contribution in [3.63, 3.8) is 0 Å². The second-order valence-corrected chi connectivity index (χ2v) is 4.42. The summed E-state index contributed by atoms with van der Waals surface area (Å²) < 4.78 is 5.20. The highest BCUT2D eigenvalue weighted by Gasteiger charge is 2.20. The summed E-state index contributed by atoms with van der Waals surface area (Å²) in [5, 5.41) is 9.38. The number of ether oxygens (including phenoxy) is 1. The van der Waals surface area contributed by atoms with Gasteiger partial charge in [-0.15, -0.1) is 0 Å². The number of hydrogen-bond acceptors (Lipinski definition) is 5. The highest BCUT2D eigenvalue weighted by atomic mass is 16.5. The number of hydrazine groups is 1. The first kappa shape index (κ1) is 17.6. The summed E-state index contributed by atoms with van der Waals surface area (Å²) >= 11 is 0. The van der Waals surface area contributed by atoms with Crippen molar-refractivity contribution in [2.45, 2.75) is 0 Å². The fraction of sp³-hybridized carbons (Fsp3) is 0.357. The molecule has 120 valence electrons. The highest BCUT2D eigenvalue weighted by molar-refractivity contribution is 5.98. The SMILES string of the molecule is C=CC(=O)N(NC(=O)C=CCN1CCOCC1)C(=C)C(=O)O. The van der Waals surface area contributed by atoms with Gasteiger partial charge in [0.1, 0.15) is 5.70 Å². The van der Waals surface area contributed by atoms with Crippen LogP contribution in [0.5, 0.6) is 0 Å². The lowest BCUT2D eigenvalue weighted by Gasteiger charge is -2.25. The van der Waals surface area contributed by atoms with E-state index < -0.39 is 23.5 Å². The van der Waals surface area contributed by atoms with E-state index in [0.29, 0.717) is 24.8 Å². The molecule has 0 bridgehead atoms. The van der Waals surface area contributed by atoms with Crippen LogP contribution < -0.4 is 5.43 Å². The molecule has 2 N–H and O–H groups in total. The van der Waals surface area contributed by atoms with Crippen LogP contribution in [0, 0.1) is 0 Å². The van der Waals surface area contributed by atoms with Gasteiger partial charge in [-0.05, 0) is 6.08 Å². The molecule has 1 aliphatic heterocycles. The van der Waals surface area contributed by atoms with E-state index in [0.717, 1.165) is 19.2 Å². The second kappa shape index (κ2) is 8.75. The van der Waals surface area contributed by atoms with Crippen LogP contribution >= 0.6 is 0 Å². The van der Waals surface area contributed by atoms with Crippen molar-refractivity contribution in [3.8, 4) is 0 Å². The lowest BCUT2D eigenvalue weighted by atomic mass is 10.4. The van der Waals surface area contributed by atoms with E-state index in [4.69, 9.17) is 9.84 Å². The van der Waals surface area contributed by atoms with Crippen LogP contribution in [0.15, 0.2) is 37.1 Å². The third kappa shape index (κ3) is 5.51. The molecule has 22 heavy (non-hydrogen) atoms. The number of carboxylic acids is 1. The van der Waals surface area contributed by atoms with Gasteiger partial charge in [-0.25, -0.2) is 9.80 Å². The number of carboxylic acid groups (broad SMARTS) is 1. The number of aliphatic carboxylic acids is 1. The molecule has 1 aliphatic rings. The molecule has 8 heteroatoms. The summed E-state index contributed by atoms with van der Waals surface area (Å²) in [6.07, 6.45) is 3.74. The number of hydrogen-bond donors (Lipinski definition) is 2. The number of carbonyl (C=O) groups is 3. The third-order valence-corrected chi connectivity index (χ3v) is 2.87. The average Bonchev–Trinajstić information content (AvgIpc) is 2.52. The molecule has 1 fully saturated rings. The van der Waals surface area contributed by atoms with Gasteiger partial charge in [0.25, 0.3) is 11.8 Å². The standard InChI is InChI=1S/C14H19N3O5/c1-3-13(19)17(11(2)14(20)21)15-12(18)5-4-6-16-7-9-22-10-8-16/h3-5H,1-2,6-10H2,(H,15,18)(H,20,21). The van der Waals surface area contributed by atoms with Crippen LogP contribution in [0.4, 0.5) is 0 Å². The molecule has 0 radical (unpaired) electrons. The van der Waals surface area contributed by atoms with Crippen LogP contribution in [-0.2, 0) is 19.1 Å². The number of carbonyl (C=O) groups excluding carboxylic acids is 2. The van der Waals surface area contributed by atoms with Gasteiger partial charge >= 0.3 is 5.97 Å². The van der Waals surface area contributed by atoms with E-state index >= 15 is 0 Å². The molecule has 0 aromatic carbocycles. The Bertz CT molecular complexity index is 495. The van der Waals surface area contributed by atoms with Crippen molar-refractivity contribution in [3.05, 3.63) is 37.1 Å². The average molecular weight is 309 g/mol. The molecule has 1 heterocycles. The van der Waals surface area contributed by atoms with Gasteiger partial charge in [-0.1, -0.05) is 19.2 Å². The zero-order chi connectivity index (χ0) is 16.5. The van der Waals surface area contributed by atoms with Crippen LogP contribution in [0.25, 0.3) is 0 Å². The quantitative estimate of drug-likeness (QED) is 0.508. The highest BCUT2D eigenvalue weighted by Crippen LogP contribution is 2.00. The smallest absolute Gasteiger partial charge is 0.353 e. The molecule has 1 rings (SSSR count). The summed E-state index contributed by atoms with van der Waals surface area (Å²) in [7, 11) is 0. The van der Waals surface area contributed by atoms with Gasteiger partial charge in [0.2, 0.25) is 0 Å². The molecule has 1 saturated heterocycles. The number of amides is 2. The first-order valence-electron chi connectivity index (χ1n) is 6.61. The molecule has 0 saturated carbocycles. The zero-order valence-electron chi connectivity index (χ0n) is 12.2. The Hall–Kier alpha value is -2.45. The maximum absolute atomic E-state index is 11.7. The van der Waals surface area contributed by atoms with E-state index in [9.17, 15) is 14.4 Å². The molecule has 0 spiro atoms. The Morgan fingerprint density at radius 1 is 1.32 bits per heavy atom. The normalized spacial score (nSPS) is 15.3. The number of nitrogens with zero attached hydrogens (tertiary/aromatic N) is 2. The zero-order valence-corrected chi connectivity index (χ0v) is 12.2. The largest absolute Gasteiger partial charge is 0.477 e. The summed E-state index contributed by atoms with van der Waals surface area (Å²) in [6, 6.07) is 0. The predicted octanol–water partition coefficient (Wildman–Crippen LogP) is -0.481. The summed E-state index contributed by atoms with van der Waals surface area (Å²) in [6.45, 7) is 9.90. The number of morpholine rings is 1. The molecule has 0 aromatic rings. The van der Waals surface area contributed by atoms with E-state index in [1.807, 2.05) is 0 Å². The van der Waals surface area contributed by atoms with E-state index in [2.05, 4.69) is 23.5 Å². The van der Waals surface area contributed by atoms with Crippen LogP contribution in [0.3, 0.4) is 0 Å². The van der Waals surface area contributed by atoms with E-state index in [-0.39, 0.29) is 0 Å². The number of rotatable bonds is 6. The molecule has 2 amide bonds. The Kier molecular flexibility index (Phi) is 7.00. The predicted molar refractivity (Wildman–Crippen MR) is 78.4 cm³/mol. The monoisotopic (exact) mass is 309 g/mol. The van der Waals surface area contributed by atoms with Crippen molar-refractivity contribution < 1.29 is 24.2 Å². The lowest BCUT2D eigenvalue weighted by molar-refractivity contribution is -0.141. The second-order valence-electron chi connectivity index (χ2n) is 4.42. The minimum absolute atomic E-state index is 0.538. The van der Waals surface area contributed by atoms with Crippen LogP contribution in [-0.4, -0.2) is 65.6 Å². The molecule has 0 atom stereocenters. The Balaban J connectivity index is 2.55. The van der Waals surface area contributed by atoms with Crippen molar-refractivity contribution in [1.82, 2.24) is 15.3 Å². The summed E-state index contributed by atoms with van der Waals surface area (Å²) in [4.78, 5) is 36.2. The molecule has 8 nitrogen and oxygen atoms in total. The number of nitrogens with one attached hydrogen (secondary N) is 1. The first-order valence-corrected chi connectivity index (χ1v) is 6.61. The fourth-order valence-electron chi connectivity index (χ4n) is 1.68. The Labute approximate surface area is 128 Å². The fourth-order valence-corrected chi connectivity index (χ4v) is 1.68. The summed E-state index contributed by atoms with van der Waals surface area (Å²) in [5.41, 5.74) is 1.58. The molecule has 0 aliphatic carbocycles. The molecular formula is C14H19N3O5. The molecular weight excluding hydrogens is 290 g/mol. The van der Waals surface area contributed by atoms with E-state index in [1.54, 1.807) is 6.08 Å². The van der Waals surface area contributed by atoms with E-state index in [1.165, 1.54) is 6.08 Å².